The van der Waals surface area contributed by atoms with Gasteiger partial charge < -0.3 is 30.5 Å². The lowest BCUT2D eigenvalue weighted by atomic mass is 9.79. The van der Waals surface area contributed by atoms with E-state index in [1.165, 1.54) is 7.11 Å². The molecular formula is C35H50F3N7O3. The summed E-state index contributed by atoms with van der Waals surface area (Å²) in [6.45, 7) is 7.40. The maximum Gasteiger partial charge on any atom is 0.419 e. The number of rotatable bonds is 13. The maximum atomic E-state index is 14.1. The Morgan fingerprint density at radius 3 is 2.56 bits per heavy atom. The van der Waals surface area contributed by atoms with Crippen LogP contribution in [0.5, 0.6) is 5.75 Å². The van der Waals surface area contributed by atoms with Crippen molar-refractivity contribution in [1.29, 1.82) is 0 Å². The SMILES string of the molecule is CCN(CC)C(=O)CN[C@@H]1CCCC[C@@]12CC2CCc1nc(Nc2ccc(C(=O)NC3CCN(C)CC3)cc2OC)ncc1C(F)(F)F. The van der Waals surface area contributed by atoms with Crippen LogP contribution in [-0.4, -0.2) is 90.5 Å². The highest BCUT2D eigenvalue weighted by molar-refractivity contribution is 5.95. The first kappa shape index (κ1) is 35.8. The first-order chi connectivity index (χ1) is 23.0. The molecule has 264 valence electrons. The molecular weight excluding hydrogens is 623 g/mol. The van der Waals surface area contributed by atoms with E-state index in [1.807, 2.05) is 18.7 Å². The molecule has 2 amide bonds. The minimum absolute atomic E-state index is 0.0169. The molecule has 1 aromatic carbocycles. The quantitative estimate of drug-likeness (QED) is 0.259. The number of anilines is 2. The standard InChI is InChI=1S/C35H50F3N7O3/c1-5-45(6-2)31(46)22-39-30-9-7-8-16-34(30)20-24(34)11-13-27-26(35(36,37)38)21-40-33(42-27)43-28-12-10-23(19-29(28)48-4)32(47)41-25-14-17-44(3)18-15-25/h10,12,19,21,24-25,30,39H,5-9,11,13-18,20,22H2,1-4H3,(H,41,47)(H,40,42,43)/t24?,30-,34+/m1/s1. The molecule has 3 fully saturated rings. The molecule has 10 nitrogen and oxygen atoms in total. The monoisotopic (exact) mass is 673 g/mol. The Kier molecular flexibility index (Phi) is 11.5. The second-order valence-electron chi connectivity index (χ2n) is 13.6. The summed E-state index contributed by atoms with van der Waals surface area (Å²) in [6.07, 6.45) is 3.85. The Labute approximate surface area is 281 Å². The number of piperidine rings is 1. The average molecular weight is 674 g/mol. The zero-order chi connectivity index (χ0) is 34.5. The van der Waals surface area contributed by atoms with Gasteiger partial charge in [0.05, 0.1) is 30.6 Å². The molecule has 5 rings (SSSR count). The fourth-order valence-electron chi connectivity index (χ4n) is 7.68. The summed E-state index contributed by atoms with van der Waals surface area (Å²) in [5.41, 5.74) is 0.00132. The number of hydrogen-bond acceptors (Lipinski definition) is 8. The number of alkyl halides is 3. The second-order valence-corrected chi connectivity index (χ2v) is 13.6. The molecule has 1 aromatic heterocycles. The van der Waals surface area contributed by atoms with Crippen LogP contribution in [0.2, 0.25) is 0 Å². The first-order valence-electron chi connectivity index (χ1n) is 17.4. The van der Waals surface area contributed by atoms with Gasteiger partial charge in [0.15, 0.2) is 0 Å². The van der Waals surface area contributed by atoms with E-state index < -0.39 is 11.7 Å². The highest BCUT2D eigenvalue weighted by Crippen LogP contribution is 2.63. The van der Waals surface area contributed by atoms with Crippen LogP contribution in [0.4, 0.5) is 24.8 Å². The molecule has 1 saturated heterocycles. The minimum atomic E-state index is -4.59. The fourth-order valence-corrected chi connectivity index (χ4v) is 7.68. The number of halogens is 3. The summed E-state index contributed by atoms with van der Waals surface area (Å²) in [5, 5.41) is 9.62. The van der Waals surface area contributed by atoms with Gasteiger partial charge in [-0.15, -0.1) is 0 Å². The lowest BCUT2D eigenvalue weighted by Crippen LogP contribution is -2.46. The molecule has 13 heteroatoms. The Hall–Kier alpha value is -3.45. The van der Waals surface area contributed by atoms with Crippen molar-refractivity contribution in [3.8, 4) is 5.75 Å². The van der Waals surface area contributed by atoms with Crippen LogP contribution in [-0.2, 0) is 17.4 Å². The molecule has 3 atom stereocenters. The van der Waals surface area contributed by atoms with Gasteiger partial charge in [-0.3, -0.25) is 9.59 Å². The van der Waals surface area contributed by atoms with Gasteiger partial charge in [0, 0.05) is 36.9 Å². The van der Waals surface area contributed by atoms with Crippen LogP contribution < -0.4 is 20.7 Å². The fraction of sp³-hybridized carbons (Fsp3) is 0.657. The van der Waals surface area contributed by atoms with E-state index in [0.29, 0.717) is 36.5 Å². The summed E-state index contributed by atoms with van der Waals surface area (Å²) in [7, 11) is 3.53. The average Bonchev–Trinajstić information content (AvgIpc) is 3.76. The highest BCUT2D eigenvalue weighted by Gasteiger charge is 2.58. The van der Waals surface area contributed by atoms with Crippen molar-refractivity contribution in [2.45, 2.75) is 89.9 Å². The van der Waals surface area contributed by atoms with Gasteiger partial charge in [-0.05, 0) is 108 Å². The third kappa shape index (κ3) is 8.39. The van der Waals surface area contributed by atoms with Crippen molar-refractivity contribution >= 4 is 23.5 Å². The van der Waals surface area contributed by atoms with Crippen LogP contribution in [0.15, 0.2) is 24.4 Å². The normalized spacial score (nSPS) is 23.1. The molecule has 2 saturated carbocycles. The molecule has 2 aromatic rings. The van der Waals surface area contributed by atoms with Gasteiger partial charge in [0.2, 0.25) is 11.9 Å². The summed E-state index contributed by atoms with van der Waals surface area (Å²) in [4.78, 5) is 38.0. The van der Waals surface area contributed by atoms with Gasteiger partial charge in [-0.1, -0.05) is 12.8 Å². The van der Waals surface area contributed by atoms with E-state index in [0.717, 1.165) is 64.2 Å². The second kappa shape index (κ2) is 15.4. The summed E-state index contributed by atoms with van der Waals surface area (Å²) < 4.78 is 47.8. The van der Waals surface area contributed by atoms with Gasteiger partial charge in [0.1, 0.15) is 5.75 Å². The first-order valence-corrected chi connectivity index (χ1v) is 17.4. The number of benzene rings is 1. The van der Waals surface area contributed by atoms with E-state index in [9.17, 15) is 22.8 Å². The molecule has 48 heavy (non-hydrogen) atoms. The molecule has 1 aliphatic heterocycles. The number of methoxy groups -OCH3 is 1. The Morgan fingerprint density at radius 1 is 1.12 bits per heavy atom. The van der Waals surface area contributed by atoms with Gasteiger partial charge >= 0.3 is 6.18 Å². The van der Waals surface area contributed by atoms with Crippen molar-refractivity contribution in [3.63, 3.8) is 0 Å². The number of carbonyl (C=O) groups is 2. The highest BCUT2D eigenvalue weighted by atomic mass is 19.4. The number of aromatic nitrogens is 2. The number of aryl methyl sites for hydroxylation is 1. The maximum absolute atomic E-state index is 14.1. The lowest BCUT2D eigenvalue weighted by Gasteiger charge is -2.34. The number of carbonyl (C=O) groups excluding carboxylic acids is 2. The summed E-state index contributed by atoms with van der Waals surface area (Å²) >= 11 is 0. The number of nitrogens with one attached hydrogen (secondary N) is 3. The number of hydrogen-bond donors (Lipinski definition) is 3. The largest absolute Gasteiger partial charge is 0.495 e. The van der Waals surface area contributed by atoms with Gasteiger partial charge in [-0.25, -0.2) is 9.97 Å². The third-order valence-electron chi connectivity index (χ3n) is 10.6. The Morgan fingerprint density at radius 2 is 1.88 bits per heavy atom. The number of nitrogens with zero attached hydrogens (tertiary/aromatic N) is 4. The number of likely N-dealkylation sites (tertiary alicyclic amines) is 1. The smallest absolute Gasteiger partial charge is 0.419 e. The van der Waals surface area contributed by atoms with E-state index in [4.69, 9.17) is 4.74 Å². The Bertz CT molecular complexity index is 1430. The van der Waals surface area contributed by atoms with Crippen LogP contribution in [0.1, 0.15) is 86.8 Å². The predicted octanol–water partition coefficient (Wildman–Crippen LogP) is 5.41. The Balaban J connectivity index is 1.25. The van der Waals surface area contributed by atoms with Crippen LogP contribution in [0, 0.1) is 11.3 Å². The number of ether oxygens (including phenoxy) is 1. The van der Waals surface area contributed by atoms with Crippen molar-refractivity contribution < 1.29 is 27.5 Å². The van der Waals surface area contributed by atoms with Crippen LogP contribution >= 0.6 is 0 Å². The molecule has 3 N–H and O–H groups in total. The molecule has 1 spiro atoms. The van der Waals surface area contributed by atoms with E-state index in [1.54, 1.807) is 18.2 Å². The molecule has 1 unspecified atom stereocenters. The summed E-state index contributed by atoms with van der Waals surface area (Å²) in [6, 6.07) is 5.19. The van der Waals surface area contributed by atoms with Crippen LogP contribution in [0.25, 0.3) is 0 Å². The molecule has 2 heterocycles. The predicted molar refractivity (Wildman–Crippen MR) is 178 cm³/mol. The molecule has 0 radical (unpaired) electrons. The van der Waals surface area contributed by atoms with Crippen molar-refractivity contribution in [3.05, 3.63) is 41.2 Å². The van der Waals surface area contributed by atoms with Crippen molar-refractivity contribution in [1.82, 2.24) is 30.4 Å². The number of likely N-dealkylation sites (N-methyl/N-ethyl adjacent to an activating group) is 1. The van der Waals surface area contributed by atoms with E-state index in [2.05, 4.69) is 37.9 Å². The van der Waals surface area contributed by atoms with E-state index >= 15 is 0 Å². The van der Waals surface area contributed by atoms with Crippen LogP contribution in [0.3, 0.4) is 0 Å². The zero-order valence-corrected chi connectivity index (χ0v) is 28.6. The van der Waals surface area contributed by atoms with Gasteiger partial charge in [-0.2, -0.15) is 13.2 Å². The van der Waals surface area contributed by atoms with Gasteiger partial charge in [0.25, 0.3) is 5.91 Å². The third-order valence-corrected chi connectivity index (χ3v) is 10.6. The number of amides is 2. The molecule has 0 bridgehead atoms. The van der Waals surface area contributed by atoms with E-state index in [-0.39, 0.29) is 59.8 Å². The molecule has 3 aliphatic rings. The zero-order valence-electron chi connectivity index (χ0n) is 28.6. The topological polar surface area (TPSA) is 112 Å². The van der Waals surface area contributed by atoms with Crippen molar-refractivity contribution in [2.24, 2.45) is 11.3 Å². The summed E-state index contributed by atoms with van der Waals surface area (Å²) in [5.74, 6) is 0.519. The van der Waals surface area contributed by atoms with Crippen molar-refractivity contribution in [2.75, 3.05) is 52.2 Å². The molecule has 2 aliphatic carbocycles. The lowest BCUT2D eigenvalue weighted by molar-refractivity contribution is -0.138. The minimum Gasteiger partial charge on any atom is -0.495 e.